The van der Waals surface area contributed by atoms with Crippen molar-refractivity contribution >= 4 is 0 Å². The van der Waals surface area contributed by atoms with E-state index in [9.17, 15) is 4.39 Å². The molecule has 2 aliphatic rings. The fraction of sp³-hybridized carbons (Fsp3) is 1.00. The van der Waals surface area contributed by atoms with Crippen molar-refractivity contribution in [2.45, 2.75) is 25.4 Å². The van der Waals surface area contributed by atoms with Gasteiger partial charge in [0.1, 0.15) is 6.17 Å². The molecule has 0 saturated heterocycles. The first kappa shape index (κ1) is 3.88. The van der Waals surface area contributed by atoms with Gasteiger partial charge < -0.3 is 0 Å². The molecule has 0 spiro atoms. The Bertz CT molecular complexity index is 80.2. The van der Waals surface area contributed by atoms with Crippen molar-refractivity contribution in [2.75, 3.05) is 0 Å². The highest BCUT2D eigenvalue weighted by atomic mass is 19.1. The van der Waals surface area contributed by atoms with Crippen LogP contribution in [0.1, 0.15) is 19.3 Å². The third-order valence-corrected chi connectivity index (χ3v) is 2.30. The monoisotopic (exact) mass is 100 g/mol. The number of rotatable bonds is 0. The molecule has 0 aromatic rings. The second-order valence-corrected chi connectivity index (χ2v) is 2.70. The quantitative estimate of drug-likeness (QED) is 0.435. The van der Waals surface area contributed by atoms with E-state index >= 15 is 0 Å². The number of halogens is 1. The zero-order valence-electron chi connectivity index (χ0n) is 4.23. The van der Waals surface area contributed by atoms with E-state index < -0.39 is 0 Å². The minimum atomic E-state index is -0.381. The molecule has 0 heterocycles. The van der Waals surface area contributed by atoms with Gasteiger partial charge in [-0.05, 0) is 24.7 Å². The van der Waals surface area contributed by atoms with Gasteiger partial charge in [-0.15, -0.1) is 0 Å². The third-order valence-electron chi connectivity index (χ3n) is 2.30. The predicted molar refractivity (Wildman–Crippen MR) is 25.7 cm³/mol. The number of hydrogen-bond acceptors (Lipinski definition) is 0. The van der Waals surface area contributed by atoms with Crippen LogP contribution in [0.25, 0.3) is 0 Å². The molecule has 0 aromatic heterocycles. The molecule has 2 rings (SSSR count). The number of fused-ring (bicyclic) bond motifs is 1. The van der Waals surface area contributed by atoms with Gasteiger partial charge in [-0.1, -0.05) is 6.42 Å². The summed E-state index contributed by atoms with van der Waals surface area (Å²) in [5.74, 6) is 1.03. The van der Waals surface area contributed by atoms with Gasteiger partial charge in [0.05, 0.1) is 0 Å². The Morgan fingerprint density at radius 3 is 2.00 bits per heavy atom. The minimum absolute atomic E-state index is 0.381. The Balaban J connectivity index is 2.06. The van der Waals surface area contributed by atoms with Gasteiger partial charge >= 0.3 is 0 Å². The lowest BCUT2D eigenvalue weighted by atomic mass is 10.2. The molecule has 0 bridgehead atoms. The molecule has 0 nitrogen and oxygen atoms in total. The van der Waals surface area contributed by atoms with Gasteiger partial charge in [0.15, 0.2) is 0 Å². The highest BCUT2D eigenvalue weighted by Gasteiger charge is 2.53. The maximum atomic E-state index is 12.2. The van der Waals surface area contributed by atoms with Crippen LogP contribution < -0.4 is 0 Å². The van der Waals surface area contributed by atoms with E-state index in [1.165, 1.54) is 19.3 Å². The van der Waals surface area contributed by atoms with Crippen molar-refractivity contribution < 1.29 is 4.39 Å². The summed E-state index contributed by atoms with van der Waals surface area (Å²) in [5.41, 5.74) is 0. The maximum Gasteiger partial charge on any atom is 0.106 e. The van der Waals surface area contributed by atoms with Crippen molar-refractivity contribution in [1.29, 1.82) is 0 Å². The van der Waals surface area contributed by atoms with Crippen LogP contribution in [0.3, 0.4) is 0 Å². The summed E-state index contributed by atoms with van der Waals surface area (Å²) in [5, 5.41) is 0. The number of alkyl halides is 1. The molecule has 40 valence electrons. The van der Waals surface area contributed by atoms with Crippen LogP contribution >= 0.6 is 0 Å². The van der Waals surface area contributed by atoms with Crippen LogP contribution in [0.15, 0.2) is 0 Å². The molecular formula is C6H9F. The molecule has 2 fully saturated rings. The van der Waals surface area contributed by atoms with Crippen molar-refractivity contribution in [3.63, 3.8) is 0 Å². The second-order valence-electron chi connectivity index (χ2n) is 2.70. The first-order valence-electron chi connectivity index (χ1n) is 3.03. The van der Waals surface area contributed by atoms with Crippen LogP contribution in [0.5, 0.6) is 0 Å². The zero-order valence-corrected chi connectivity index (χ0v) is 4.23. The summed E-state index contributed by atoms with van der Waals surface area (Å²) in [6.45, 7) is 0. The summed E-state index contributed by atoms with van der Waals surface area (Å²) in [4.78, 5) is 0. The minimum Gasteiger partial charge on any atom is -0.247 e. The fourth-order valence-electron chi connectivity index (χ4n) is 1.73. The summed E-state index contributed by atoms with van der Waals surface area (Å²) >= 11 is 0. The third kappa shape index (κ3) is 0.361. The van der Waals surface area contributed by atoms with Gasteiger partial charge in [0, 0.05) is 0 Å². The molecule has 2 aliphatic carbocycles. The summed E-state index contributed by atoms with van der Waals surface area (Å²) in [7, 11) is 0. The van der Waals surface area contributed by atoms with Crippen LogP contribution in [-0.4, -0.2) is 6.17 Å². The molecule has 0 aliphatic heterocycles. The van der Waals surface area contributed by atoms with Gasteiger partial charge in [0.25, 0.3) is 0 Å². The van der Waals surface area contributed by atoms with E-state index in [0.717, 1.165) is 0 Å². The van der Waals surface area contributed by atoms with Crippen LogP contribution in [0.4, 0.5) is 4.39 Å². The molecule has 0 aromatic carbocycles. The Kier molecular flexibility index (Phi) is 0.561. The average Bonchev–Trinajstić information content (AvgIpc) is 2.26. The standard InChI is InChI=1S/C6H9F/c7-6-4-2-1-3-5(4)6/h4-6H,1-3H2/t4-,5+,6?. The molecule has 1 heteroatoms. The molecule has 1 unspecified atom stereocenters. The zero-order chi connectivity index (χ0) is 4.85. The van der Waals surface area contributed by atoms with E-state index in [-0.39, 0.29) is 6.17 Å². The summed E-state index contributed by atoms with van der Waals surface area (Å²) < 4.78 is 12.2. The van der Waals surface area contributed by atoms with Crippen LogP contribution in [0.2, 0.25) is 0 Å². The van der Waals surface area contributed by atoms with Gasteiger partial charge in [0.2, 0.25) is 0 Å². The molecule has 2 saturated carbocycles. The average molecular weight is 100 g/mol. The Hall–Kier alpha value is -0.0700. The molecule has 0 radical (unpaired) electrons. The Morgan fingerprint density at radius 1 is 1.14 bits per heavy atom. The molecule has 0 amide bonds. The highest BCUT2D eigenvalue weighted by molar-refractivity contribution is 5.01. The Morgan fingerprint density at radius 2 is 1.71 bits per heavy atom. The smallest absolute Gasteiger partial charge is 0.106 e. The van der Waals surface area contributed by atoms with E-state index in [4.69, 9.17) is 0 Å². The predicted octanol–water partition coefficient (Wildman–Crippen LogP) is 1.75. The van der Waals surface area contributed by atoms with E-state index in [1.807, 2.05) is 0 Å². The lowest BCUT2D eigenvalue weighted by Gasteiger charge is -1.87. The first-order chi connectivity index (χ1) is 3.39. The van der Waals surface area contributed by atoms with Crippen LogP contribution in [-0.2, 0) is 0 Å². The molecule has 0 N–H and O–H groups in total. The largest absolute Gasteiger partial charge is 0.247 e. The van der Waals surface area contributed by atoms with Gasteiger partial charge in [-0.2, -0.15) is 0 Å². The summed E-state index contributed by atoms with van der Waals surface area (Å²) in [6.07, 6.45) is 3.25. The SMILES string of the molecule is FC1[C@H]2CCC[C@@H]12. The number of hydrogen-bond donors (Lipinski definition) is 0. The van der Waals surface area contributed by atoms with Crippen molar-refractivity contribution in [3.05, 3.63) is 0 Å². The first-order valence-corrected chi connectivity index (χ1v) is 3.03. The highest BCUT2D eigenvalue weighted by Crippen LogP contribution is 2.53. The topological polar surface area (TPSA) is 0 Å². The lowest BCUT2D eigenvalue weighted by molar-refractivity contribution is 0.399. The van der Waals surface area contributed by atoms with Crippen LogP contribution in [0, 0.1) is 11.8 Å². The second kappa shape index (κ2) is 1.01. The molecule has 3 atom stereocenters. The Labute approximate surface area is 42.7 Å². The summed E-state index contributed by atoms with van der Waals surface area (Å²) in [6, 6.07) is 0. The van der Waals surface area contributed by atoms with E-state index in [2.05, 4.69) is 0 Å². The van der Waals surface area contributed by atoms with E-state index in [1.54, 1.807) is 0 Å². The van der Waals surface area contributed by atoms with Crippen molar-refractivity contribution in [2.24, 2.45) is 11.8 Å². The fourth-order valence-corrected chi connectivity index (χ4v) is 1.73. The normalized spacial score (nSPS) is 57.0. The van der Waals surface area contributed by atoms with Crippen molar-refractivity contribution in [1.82, 2.24) is 0 Å². The molecular weight excluding hydrogens is 91.1 g/mol. The lowest BCUT2D eigenvalue weighted by Crippen LogP contribution is -1.81. The maximum absolute atomic E-state index is 12.2. The van der Waals surface area contributed by atoms with Gasteiger partial charge in [-0.25, -0.2) is 4.39 Å². The molecule has 7 heavy (non-hydrogen) atoms. The van der Waals surface area contributed by atoms with E-state index in [0.29, 0.717) is 11.8 Å². The van der Waals surface area contributed by atoms with Crippen molar-refractivity contribution in [3.8, 4) is 0 Å². The van der Waals surface area contributed by atoms with Gasteiger partial charge in [-0.3, -0.25) is 0 Å².